The van der Waals surface area contributed by atoms with Crippen LogP contribution in [0.4, 0.5) is 11.4 Å². The molecule has 2 aromatic rings. The van der Waals surface area contributed by atoms with Crippen LogP contribution in [0.1, 0.15) is 12.5 Å². The van der Waals surface area contributed by atoms with Crippen LogP contribution in [0.15, 0.2) is 41.5 Å². The second kappa shape index (κ2) is 8.32. The third-order valence-electron chi connectivity index (χ3n) is 3.51. The van der Waals surface area contributed by atoms with Gasteiger partial charge in [0.1, 0.15) is 5.75 Å². The van der Waals surface area contributed by atoms with Crippen LogP contribution in [-0.2, 0) is 0 Å². The van der Waals surface area contributed by atoms with Crippen molar-refractivity contribution in [2.75, 3.05) is 18.7 Å². The van der Waals surface area contributed by atoms with Crippen molar-refractivity contribution in [2.24, 2.45) is 5.10 Å². The van der Waals surface area contributed by atoms with Gasteiger partial charge in [-0.1, -0.05) is 0 Å². The topological polar surface area (TPSA) is 107 Å². The molecule has 0 atom stereocenters. The van der Waals surface area contributed by atoms with Crippen LogP contribution in [0.25, 0.3) is 0 Å². The first kappa shape index (κ1) is 18.4. The lowest BCUT2D eigenvalue weighted by molar-refractivity contribution is -0.385. The Morgan fingerprint density at radius 3 is 2.70 bits per heavy atom. The predicted octanol–water partition coefficient (Wildman–Crippen LogP) is 3.04. The van der Waals surface area contributed by atoms with Crippen LogP contribution in [-0.4, -0.2) is 29.7 Å². The molecule has 1 aliphatic rings. The second-order valence-corrected chi connectivity index (χ2v) is 5.71. The number of benzene rings is 2. The Balaban J connectivity index is 1.63. The molecule has 0 amide bonds. The molecule has 140 valence electrons. The van der Waals surface area contributed by atoms with Crippen LogP contribution in [0.2, 0.25) is 0 Å². The summed E-state index contributed by atoms with van der Waals surface area (Å²) >= 11 is 5.15. The van der Waals surface area contributed by atoms with E-state index in [1.54, 1.807) is 0 Å². The molecule has 27 heavy (non-hydrogen) atoms. The predicted molar refractivity (Wildman–Crippen MR) is 104 cm³/mol. The van der Waals surface area contributed by atoms with E-state index in [1.807, 2.05) is 31.2 Å². The lowest BCUT2D eigenvalue weighted by Gasteiger charge is -2.08. The van der Waals surface area contributed by atoms with Gasteiger partial charge in [0.05, 0.1) is 29.4 Å². The quantitative estimate of drug-likeness (QED) is 0.337. The van der Waals surface area contributed by atoms with Gasteiger partial charge in [-0.25, -0.2) is 0 Å². The van der Waals surface area contributed by atoms with Crippen LogP contribution in [0.3, 0.4) is 0 Å². The molecule has 0 aliphatic carbocycles. The van der Waals surface area contributed by atoms with Gasteiger partial charge < -0.3 is 19.5 Å². The fourth-order valence-corrected chi connectivity index (χ4v) is 2.50. The summed E-state index contributed by atoms with van der Waals surface area (Å²) in [6, 6.07) is 10.0. The summed E-state index contributed by atoms with van der Waals surface area (Å²) in [6.07, 6.45) is 1.30. The molecule has 0 unspecified atom stereocenters. The molecule has 2 N–H and O–H groups in total. The highest BCUT2D eigenvalue weighted by molar-refractivity contribution is 7.80. The van der Waals surface area contributed by atoms with Crippen molar-refractivity contribution in [2.45, 2.75) is 6.92 Å². The van der Waals surface area contributed by atoms with Gasteiger partial charge in [-0.05, 0) is 49.5 Å². The molecule has 2 aromatic carbocycles. The molecule has 1 aliphatic heterocycles. The van der Waals surface area contributed by atoms with Crippen molar-refractivity contribution in [3.8, 4) is 17.2 Å². The third kappa shape index (κ3) is 4.61. The van der Waals surface area contributed by atoms with Crippen LogP contribution >= 0.6 is 12.2 Å². The van der Waals surface area contributed by atoms with E-state index >= 15 is 0 Å². The number of nitro benzene ring substituents is 1. The molecule has 9 nitrogen and oxygen atoms in total. The molecule has 0 fully saturated rings. The fourth-order valence-electron chi connectivity index (χ4n) is 2.33. The number of fused-ring (bicyclic) bond motifs is 1. The monoisotopic (exact) mass is 388 g/mol. The average Bonchev–Trinajstić information content (AvgIpc) is 3.10. The highest BCUT2D eigenvalue weighted by Crippen LogP contribution is 2.37. The molecule has 0 bridgehead atoms. The molecule has 3 rings (SSSR count). The normalized spacial score (nSPS) is 12.0. The zero-order valence-electron chi connectivity index (χ0n) is 14.3. The molecule has 10 heteroatoms. The van der Waals surface area contributed by atoms with E-state index in [1.165, 1.54) is 18.3 Å². The molecule has 1 heterocycles. The van der Waals surface area contributed by atoms with Gasteiger partial charge in [-0.3, -0.25) is 15.5 Å². The first-order chi connectivity index (χ1) is 13.1. The van der Waals surface area contributed by atoms with Gasteiger partial charge in [-0.15, -0.1) is 0 Å². The van der Waals surface area contributed by atoms with Gasteiger partial charge in [0, 0.05) is 5.69 Å². The van der Waals surface area contributed by atoms with E-state index in [-0.39, 0.29) is 23.2 Å². The van der Waals surface area contributed by atoms with Gasteiger partial charge >= 0.3 is 0 Å². The van der Waals surface area contributed by atoms with E-state index in [9.17, 15) is 10.1 Å². The molecule has 0 spiro atoms. The largest absolute Gasteiger partial charge is 0.494 e. The zero-order valence-corrected chi connectivity index (χ0v) is 15.1. The summed E-state index contributed by atoms with van der Waals surface area (Å²) in [7, 11) is 0. The number of nitrogens with one attached hydrogen (secondary N) is 2. The average molecular weight is 388 g/mol. The van der Waals surface area contributed by atoms with Crippen LogP contribution in [0.5, 0.6) is 17.2 Å². The molecule has 0 aromatic heterocycles. The van der Waals surface area contributed by atoms with Crippen LogP contribution < -0.4 is 25.0 Å². The maximum absolute atomic E-state index is 11.2. The zero-order chi connectivity index (χ0) is 19.2. The second-order valence-electron chi connectivity index (χ2n) is 5.30. The van der Waals surface area contributed by atoms with Crippen molar-refractivity contribution in [1.29, 1.82) is 0 Å². The molecule has 0 radical (unpaired) electrons. The first-order valence-corrected chi connectivity index (χ1v) is 8.38. The Kier molecular flexibility index (Phi) is 5.67. The van der Waals surface area contributed by atoms with E-state index in [4.69, 9.17) is 26.4 Å². The van der Waals surface area contributed by atoms with E-state index in [2.05, 4.69) is 15.8 Å². The molecule has 0 saturated heterocycles. The molecule has 0 saturated carbocycles. The van der Waals surface area contributed by atoms with Crippen molar-refractivity contribution in [3.63, 3.8) is 0 Å². The van der Waals surface area contributed by atoms with Gasteiger partial charge in [-0.2, -0.15) is 5.10 Å². The number of hydrogen-bond donors (Lipinski definition) is 2. The van der Waals surface area contributed by atoms with Gasteiger partial charge in [0.15, 0.2) is 16.6 Å². The van der Waals surface area contributed by atoms with Crippen molar-refractivity contribution in [3.05, 3.63) is 52.1 Å². The Labute approximate surface area is 160 Å². The number of thiocarbonyl (C=S) groups is 1. The standard InChI is InChI=1S/C17H16N4O5S/c1-2-24-13-5-3-12(4-6-13)19-17(27)20-18-9-11-7-15-16(26-10-25-15)8-14(11)21(22)23/h3-9H,2,10H2,1H3,(H2,19,20,27)/b18-9-. The summed E-state index contributed by atoms with van der Waals surface area (Å²) in [6.45, 7) is 2.53. The number of hydrogen-bond acceptors (Lipinski definition) is 7. The Morgan fingerprint density at radius 2 is 2.04 bits per heavy atom. The number of rotatable bonds is 6. The first-order valence-electron chi connectivity index (χ1n) is 7.97. The Bertz CT molecular complexity index is 886. The van der Waals surface area contributed by atoms with Gasteiger partial charge in [0.25, 0.3) is 5.69 Å². The maximum Gasteiger partial charge on any atom is 0.282 e. The highest BCUT2D eigenvalue weighted by Gasteiger charge is 2.22. The number of ether oxygens (including phenoxy) is 3. The number of hydrazone groups is 1. The van der Waals surface area contributed by atoms with E-state index in [0.717, 1.165) is 11.4 Å². The maximum atomic E-state index is 11.2. The lowest BCUT2D eigenvalue weighted by Crippen LogP contribution is -2.23. The summed E-state index contributed by atoms with van der Waals surface area (Å²) in [5.41, 5.74) is 3.49. The molecular weight excluding hydrogens is 372 g/mol. The van der Waals surface area contributed by atoms with Crippen molar-refractivity contribution < 1.29 is 19.1 Å². The Morgan fingerprint density at radius 1 is 1.33 bits per heavy atom. The lowest BCUT2D eigenvalue weighted by atomic mass is 10.1. The third-order valence-corrected chi connectivity index (χ3v) is 3.70. The van der Waals surface area contributed by atoms with Crippen molar-refractivity contribution >= 4 is 34.9 Å². The minimum atomic E-state index is -0.514. The number of nitro groups is 1. The molecular formula is C17H16N4O5S. The highest BCUT2D eigenvalue weighted by atomic mass is 32.1. The Hall–Kier alpha value is -3.40. The fraction of sp³-hybridized carbons (Fsp3) is 0.176. The van der Waals surface area contributed by atoms with Crippen molar-refractivity contribution in [1.82, 2.24) is 5.43 Å². The number of nitrogens with zero attached hydrogens (tertiary/aromatic N) is 2. The minimum Gasteiger partial charge on any atom is -0.494 e. The summed E-state index contributed by atoms with van der Waals surface area (Å²) in [5, 5.41) is 18.3. The minimum absolute atomic E-state index is 0.0292. The van der Waals surface area contributed by atoms with Crippen LogP contribution in [0, 0.1) is 10.1 Å². The summed E-state index contributed by atoms with van der Waals surface area (Å²) < 4.78 is 15.8. The number of anilines is 1. The van der Waals surface area contributed by atoms with E-state index < -0.39 is 4.92 Å². The van der Waals surface area contributed by atoms with Gasteiger partial charge in [0.2, 0.25) is 6.79 Å². The SMILES string of the molecule is CCOc1ccc(NC(=S)N/N=C\c2cc3c(cc2[N+](=O)[O-])OCO3)cc1. The smallest absolute Gasteiger partial charge is 0.282 e. The summed E-state index contributed by atoms with van der Waals surface area (Å²) in [4.78, 5) is 10.7. The summed E-state index contributed by atoms with van der Waals surface area (Å²) in [5.74, 6) is 1.52. The van der Waals surface area contributed by atoms with E-state index in [0.29, 0.717) is 18.1 Å².